The fourth-order valence-corrected chi connectivity index (χ4v) is 3.59. The number of carbonyl (C=O) groups excluding carboxylic acids is 1. The standard InChI is InChI=1S/C12H15NO7S/c1-19-12(16)9-4-5-10(20-9)21(17,18)13-6-2-3-8(7-13)11(14)15/h4-5,8H,2-3,6-7H2,1H3,(H,14,15). The summed E-state index contributed by atoms with van der Waals surface area (Å²) in [5.41, 5.74) is 0. The Labute approximate surface area is 121 Å². The monoisotopic (exact) mass is 317 g/mol. The van der Waals surface area contributed by atoms with E-state index in [4.69, 9.17) is 9.52 Å². The van der Waals surface area contributed by atoms with Crippen LogP contribution in [-0.4, -0.2) is 50.0 Å². The zero-order chi connectivity index (χ0) is 15.6. The molecule has 0 bridgehead atoms. The lowest BCUT2D eigenvalue weighted by Crippen LogP contribution is -2.42. The number of hydrogen-bond donors (Lipinski definition) is 1. The van der Waals surface area contributed by atoms with E-state index >= 15 is 0 Å². The Bertz CT molecular complexity index is 648. The second kappa shape index (κ2) is 5.86. The summed E-state index contributed by atoms with van der Waals surface area (Å²) in [5, 5.41) is 8.60. The first-order valence-electron chi connectivity index (χ1n) is 6.27. The Hall–Kier alpha value is -1.87. The second-order valence-electron chi connectivity index (χ2n) is 4.65. The highest BCUT2D eigenvalue weighted by Crippen LogP contribution is 2.25. The molecule has 21 heavy (non-hydrogen) atoms. The van der Waals surface area contributed by atoms with Gasteiger partial charge >= 0.3 is 11.9 Å². The van der Waals surface area contributed by atoms with E-state index < -0.39 is 33.0 Å². The van der Waals surface area contributed by atoms with Gasteiger partial charge in [-0.25, -0.2) is 13.2 Å². The van der Waals surface area contributed by atoms with Crippen LogP contribution in [-0.2, 0) is 19.6 Å². The van der Waals surface area contributed by atoms with Crippen LogP contribution in [0.1, 0.15) is 23.4 Å². The van der Waals surface area contributed by atoms with Crippen molar-refractivity contribution in [2.45, 2.75) is 17.9 Å². The van der Waals surface area contributed by atoms with E-state index in [1.807, 2.05) is 0 Å². The second-order valence-corrected chi connectivity index (χ2v) is 6.52. The van der Waals surface area contributed by atoms with E-state index in [-0.39, 0.29) is 18.8 Å². The first-order chi connectivity index (χ1) is 9.86. The summed E-state index contributed by atoms with van der Waals surface area (Å²) >= 11 is 0. The molecule has 1 fully saturated rings. The minimum absolute atomic E-state index is 0.105. The zero-order valence-electron chi connectivity index (χ0n) is 11.3. The van der Waals surface area contributed by atoms with Crippen LogP contribution >= 0.6 is 0 Å². The number of nitrogens with zero attached hydrogens (tertiary/aromatic N) is 1. The number of rotatable bonds is 4. The van der Waals surface area contributed by atoms with Crippen molar-refractivity contribution in [3.05, 3.63) is 17.9 Å². The van der Waals surface area contributed by atoms with Crippen molar-refractivity contribution in [3.8, 4) is 0 Å². The van der Waals surface area contributed by atoms with Crippen LogP contribution in [0, 0.1) is 5.92 Å². The lowest BCUT2D eigenvalue weighted by molar-refractivity contribution is -0.142. The molecule has 116 valence electrons. The van der Waals surface area contributed by atoms with Gasteiger partial charge in [0, 0.05) is 13.1 Å². The number of esters is 1. The molecule has 2 rings (SSSR count). The fraction of sp³-hybridized carbons (Fsp3) is 0.500. The Kier molecular flexibility index (Phi) is 4.33. The smallest absolute Gasteiger partial charge is 0.374 e. The summed E-state index contributed by atoms with van der Waals surface area (Å²) in [4.78, 5) is 22.3. The molecule has 0 amide bonds. The molecular formula is C12H15NO7S. The summed E-state index contributed by atoms with van der Waals surface area (Å²) in [6.45, 7) is 0.117. The van der Waals surface area contributed by atoms with Gasteiger partial charge in [-0.15, -0.1) is 0 Å². The van der Waals surface area contributed by atoms with Gasteiger partial charge in [-0.2, -0.15) is 4.31 Å². The first kappa shape index (κ1) is 15.5. The Balaban J connectivity index is 2.23. The number of methoxy groups -OCH3 is 1. The van der Waals surface area contributed by atoms with E-state index in [0.717, 1.165) is 17.5 Å². The third-order valence-electron chi connectivity index (χ3n) is 3.30. The van der Waals surface area contributed by atoms with Crippen LogP contribution in [0.25, 0.3) is 0 Å². The number of piperidine rings is 1. The lowest BCUT2D eigenvalue weighted by Gasteiger charge is -2.28. The third-order valence-corrected chi connectivity index (χ3v) is 5.03. The van der Waals surface area contributed by atoms with E-state index in [0.29, 0.717) is 12.8 Å². The van der Waals surface area contributed by atoms with Gasteiger partial charge in [0.25, 0.3) is 10.0 Å². The van der Waals surface area contributed by atoms with Crippen LogP contribution in [0.2, 0.25) is 0 Å². The minimum atomic E-state index is -3.95. The molecule has 1 atom stereocenters. The molecule has 0 spiro atoms. The molecule has 0 aliphatic carbocycles. The maximum absolute atomic E-state index is 12.4. The molecule has 2 heterocycles. The number of aliphatic carboxylic acids is 1. The van der Waals surface area contributed by atoms with Crippen LogP contribution in [0.5, 0.6) is 0 Å². The molecule has 1 unspecified atom stereocenters. The molecule has 8 nitrogen and oxygen atoms in total. The number of hydrogen-bond acceptors (Lipinski definition) is 6. The number of ether oxygens (including phenoxy) is 1. The largest absolute Gasteiger partial charge is 0.481 e. The van der Waals surface area contributed by atoms with Crippen molar-refractivity contribution >= 4 is 22.0 Å². The third kappa shape index (κ3) is 3.08. The van der Waals surface area contributed by atoms with Crippen LogP contribution < -0.4 is 0 Å². The Morgan fingerprint density at radius 1 is 1.43 bits per heavy atom. The highest BCUT2D eigenvalue weighted by atomic mass is 32.2. The zero-order valence-corrected chi connectivity index (χ0v) is 12.1. The maximum Gasteiger partial charge on any atom is 0.374 e. The van der Waals surface area contributed by atoms with Gasteiger partial charge in [0.2, 0.25) is 10.9 Å². The molecule has 0 aromatic carbocycles. The van der Waals surface area contributed by atoms with Crippen molar-refractivity contribution in [1.82, 2.24) is 4.31 Å². The van der Waals surface area contributed by atoms with Gasteiger partial charge < -0.3 is 14.3 Å². The van der Waals surface area contributed by atoms with Crippen LogP contribution in [0.15, 0.2) is 21.6 Å². The average Bonchev–Trinajstić information content (AvgIpc) is 2.97. The van der Waals surface area contributed by atoms with Gasteiger partial charge in [0.05, 0.1) is 13.0 Å². The van der Waals surface area contributed by atoms with Crippen molar-refractivity contribution in [3.63, 3.8) is 0 Å². The van der Waals surface area contributed by atoms with E-state index in [2.05, 4.69) is 4.74 Å². The maximum atomic E-state index is 12.4. The molecule has 1 aliphatic rings. The predicted octanol–water partition coefficient (Wildman–Crippen LogP) is 0.552. The number of furan rings is 1. The predicted molar refractivity (Wildman–Crippen MR) is 69.2 cm³/mol. The summed E-state index contributed by atoms with van der Waals surface area (Å²) in [5.74, 6) is -2.76. The lowest BCUT2D eigenvalue weighted by atomic mass is 10.0. The van der Waals surface area contributed by atoms with E-state index in [9.17, 15) is 18.0 Å². The topological polar surface area (TPSA) is 114 Å². The molecule has 1 saturated heterocycles. The van der Waals surface area contributed by atoms with E-state index in [1.165, 1.54) is 6.07 Å². The summed E-state index contributed by atoms with van der Waals surface area (Å²) in [7, 11) is -2.80. The Morgan fingerprint density at radius 2 is 2.14 bits per heavy atom. The number of carbonyl (C=O) groups is 2. The first-order valence-corrected chi connectivity index (χ1v) is 7.71. The molecular weight excluding hydrogens is 302 g/mol. The molecule has 1 aliphatic heterocycles. The van der Waals surface area contributed by atoms with Gasteiger partial charge in [-0.3, -0.25) is 4.79 Å². The van der Waals surface area contributed by atoms with Crippen molar-refractivity contribution < 1.29 is 32.3 Å². The van der Waals surface area contributed by atoms with Gasteiger partial charge in [-0.05, 0) is 25.0 Å². The van der Waals surface area contributed by atoms with Crippen molar-refractivity contribution in [2.24, 2.45) is 5.92 Å². The van der Waals surface area contributed by atoms with Gasteiger partial charge in [-0.1, -0.05) is 0 Å². The molecule has 1 aromatic heterocycles. The molecule has 0 saturated carbocycles. The number of sulfonamides is 1. The van der Waals surface area contributed by atoms with Crippen molar-refractivity contribution in [1.29, 1.82) is 0 Å². The molecule has 0 radical (unpaired) electrons. The number of carboxylic acid groups (broad SMARTS) is 1. The average molecular weight is 317 g/mol. The van der Waals surface area contributed by atoms with Crippen LogP contribution in [0.3, 0.4) is 0 Å². The van der Waals surface area contributed by atoms with Gasteiger partial charge in [0.15, 0.2) is 0 Å². The quantitative estimate of drug-likeness (QED) is 0.806. The highest BCUT2D eigenvalue weighted by molar-refractivity contribution is 7.89. The minimum Gasteiger partial charge on any atom is -0.481 e. The van der Waals surface area contributed by atoms with Crippen LogP contribution in [0.4, 0.5) is 0 Å². The summed E-state index contributed by atoms with van der Waals surface area (Å²) < 4.78 is 35.2. The molecule has 9 heteroatoms. The SMILES string of the molecule is COC(=O)c1ccc(S(=O)(=O)N2CCCC(C(=O)O)C2)o1. The summed E-state index contributed by atoms with van der Waals surface area (Å²) in [6.07, 6.45) is 0.897. The summed E-state index contributed by atoms with van der Waals surface area (Å²) in [6, 6.07) is 2.36. The fourth-order valence-electron chi connectivity index (χ4n) is 2.16. The normalized spacial score (nSPS) is 20.1. The highest BCUT2D eigenvalue weighted by Gasteiger charge is 2.35. The van der Waals surface area contributed by atoms with Gasteiger partial charge in [0.1, 0.15) is 0 Å². The molecule has 1 aromatic rings. The molecule has 1 N–H and O–H groups in total. The Morgan fingerprint density at radius 3 is 2.76 bits per heavy atom. The van der Waals surface area contributed by atoms with E-state index in [1.54, 1.807) is 0 Å². The van der Waals surface area contributed by atoms with Crippen molar-refractivity contribution in [2.75, 3.05) is 20.2 Å². The number of carboxylic acids is 1.